The molecule has 4 heteroatoms. The van der Waals surface area contributed by atoms with Crippen LogP contribution in [0.2, 0.25) is 0 Å². The molecule has 1 saturated heterocycles. The van der Waals surface area contributed by atoms with Crippen molar-refractivity contribution in [1.82, 2.24) is 10.2 Å². The highest BCUT2D eigenvalue weighted by atomic mass is 16.1. The fraction of sp³-hybridized carbons (Fsp3) is 0.350. The van der Waals surface area contributed by atoms with Crippen LogP contribution in [0.1, 0.15) is 35.2 Å². The number of nitrogens with zero attached hydrogens (tertiary/aromatic N) is 1. The Bertz CT molecular complexity index is 672. The Balaban J connectivity index is 1.59. The van der Waals surface area contributed by atoms with Gasteiger partial charge in [0.05, 0.1) is 0 Å². The van der Waals surface area contributed by atoms with Gasteiger partial charge in [-0.3, -0.25) is 9.69 Å². The zero-order chi connectivity index (χ0) is 16.8. The summed E-state index contributed by atoms with van der Waals surface area (Å²) >= 11 is 0. The molecule has 3 N–H and O–H groups in total. The molecule has 2 aromatic carbocycles. The van der Waals surface area contributed by atoms with Crippen molar-refractivity contribution in [2.24, 2.45) is 0 Å². The van der Waals surface area contributed by atoms with E-state index in [4.69, 9.17) is 5.73 Å². The molecule has 1 fully saturated rings. The van der Waals surface area contributed by atoms with Crippen molar-refractivity contribution in [3.8, 4) is 0 Å². The maximum atomic E-state index is 12.3. The van der Waals surface area contributed by atoms with Gasteiger partial charge in [0.15, 0.2) is 0 Å². The third-order valence-electron chi connectivity index (χ3n) is 4.62. The van der Waals surface area contributed by atoms with Crippen LogP contribution in [0.25, 0.3) is 0 Å². The van der Waals surface area contributed by atoms with E-state index in [1.54, 1.807) is 0 Å². The van der Waals surface area contributed by atoms with Crippen LogP contribution in [0.3, 0.4) is 0 Å². The third-order valence-corrected chi connectivity index (χ3v) is 4.62. The summed E-state index contributed by atoms with van der Waals surface area (Å²) in [5.41, 5.74) is 8.64. The van der Waals surface area contributed by atoms with Crippen LogP contribution in [-0.4, -0.2) is 29.9 Å². The Morgan fingerprint density at radius 2 is 1.96 bits per heavy atom. The van der Waals surface area contributed by atoms with E-state index in [2.05, 4.69) is 16.3 Å². The Labute approximate surface area is 143 Å². The fourth-order valence-electron chi connectivity index (χ4n) is 3.33. The molecule has 0 aromatic heterocycles. The van der Waals surface area contributed by atoms with Gasteiger partial charge < -0.3 is 11.1 Å². The second kappa shape index (κ2) is 7.97. The molecule has 126 valence electrons. The Morgan fingerprint density at radius 3 is 2.75 bits per heavy atom. The van der Waals surface area contributed by atoms with Gasteiger partial charge in [-0.1, -0.05) is 36.8 Å². The summed E-state index contributed by atoms with van der Waals surface area (Å²) in [7, 11) is 0. The van der Waals surface area contributed by atoms with Crippen molar-refractivity contribution in [2.75, 3.05) is 18.8 Å². The summed E-state index contributed by atoms with van der Waals surface area (Å²) in [5.74, 6) is 0.00470. The minimum atomic E-state index is 0.00470. The molecule has 1 unspecified atom stereocenters. The van der Waals surface area contributed by atoms with Crippen molar-refractivity contribution in [2.45, 2.75) is 31.8 Å². The number of anilines is 1. The number of nitrogens with one attached hydrogen (secondary N) is 1. The van der Waals surface area contributed by atoms with E-state index in [9.17, 15) is 4.79 Å². The van der Waals surface area contributed by atoms with Gasteiger partial charge in [0.1, 0.15) is 0 Å². The average Bonchev–Trinajstić information content (AvgIpc) is 2.61. The van der Waals surface area contributed by atoms with E-state index in [1.165, 1.54) is 18.4 Å². The molecule has 0 aliphatic carbocycles. The van der Waals surface area contributed by atoms with Gasteiger partial charge in [0.25, 0.3) is 5.91 Å². The highest BCUT2D eigenvalue weighted by Gasteiger charge is 2.23. The summed E-state index contributed by atoms with van der Waals surface area (Å²) in [6.07, 6.45) is 3.56. The molecular formula is C20H25N3O. The van der Waals surface area contributed by atoms with Gasteiger partial charge in [0, 0.05) is 30.4 Å². The van der Waals surface area contributed by atoms with Gasteiger partial charge in [0.2, 0.25) is 0 Å². The van der Waals surface area contributed by atoms with Crippen LogP contribution in [0.5, 0.6) is 0 Å². The number of hydrogen-bond acceptors (Lipinski definition) is 3. The first kappa shape index (κ1) is 16.5. The zero-order valence-electron chi connectivity index (χ0n) is 13.9. The van der Waals surface area contributed by atoms with Crippen LogP contribution < -0.4 is 11.1 Å². The molecule has 1 amide bonds. The van der Waals surface area contributed by atoms with E-state index >= 15 is 0 Å². The topological polar surface area (TPSA) is 58.4 Å². The predicted octanol–water partition coefficient (Wildman–Crippen LogP) is 3.05. The molecule has 4 nitrogen and oxygen atoms in total. The van der Waals surface area contributed by atoms with E-state index in [1.807, 2.05) is 48.5 Å². The molecule has 3 rings (SSSR count). The summed E-state index contributed by atoms with van der Waals surface area (Å²) in [4.78, 5) is 14.7. The number of benzene rings is 2. The van der Waals surface area contributed by atoms with E-state index in [0.29, 0.717) is 12.6 Å². The van der Waals surface area contributed by atoms with Crippen LogP contribution in [0.4, 0.5) is 5.69 Å². The average molecular weight is 323 g/mol. The SMILES string of the molecule is Nc1cccc(CN2CCCCC2CNC(=O)c2ccccc2)c1. The summed E-state index contributed by atoms with van der Waals surface area (Å²) in [6.45, 7) is 2.65. The summed E-state index contributed by atoms with van der Waals surface area (Å²) in [6, 6.07) is 17.8. The van der Waals surface area contributed by atoms with Crippen LogP contribution in [0, 0.1) is 0 Å². The number of likely N-dealkylation sites (tertiary alicyclic amines) is 1. The minimum Gasteiger partial charge on any atom is -0.399 e. The molecule has 2 aromatic rings. The van der Waals surface area contributed by atoms with Crippen molar-refractivity contribution in [1.29, 1.82) is 0 Å². The molecule has 0 saturated carbocycles. The lowest BCUT2D eigenvalue weighted by atomic mass is 10.0. The largest absolute Gasteiger partial charge is 0.399 e. The number of hydrogen-bond donors (Lipinski definition) is 2. The van der Waals surface area contributed by atoms with Gasteiger partial charge in [-0.2, -0.15) is 0 Å². The first-order valence-electron chi connectivity index (χ1n) is 8.64. The van der Waals surface area contributed by atoms with Crippen LogP contribution in [0.15, 0.2) is 54.6 Å². The molecule has 24 heavy (non-hydrogen) atoms. The number of piperidine rings is 1. The number of amides is 1. The molecule has 0 radical (unpaired) electrons. The smallest absolute Gasteiger partial charge is 0.251 e. The number of nitrogen functional groups attached to an aromatic ring is 1. The Morgan fingerprint density at radius 1 is 1.12 bits per heavy atom. The first-order chi connectivity index (χ1) is 11.7. The Kier molecular flexibility index (Phi) is 5.49. The monoisotopic (exact) mass is 323 g/mol. The highest BCUT2D eigenvalue weighted by molar-refractivity contribution is 5.94. The summed E-state index contributed by atoms with van der Waals surface area (Å²) < 4.78 is 0. The lowest BCUT2D eigenvalue weighted by Gasteiger charge is -2.36. The molecule has 0 spiro atoms. The molecular weight excluding hydrogens is 298 g/mol. The second-order valence-corrected chi connectivity index (χ2v) is 6.44. The Hall–Kier alpha value is -2.33. The first-order valence-corrected chi connectivity index (χ1v) is 8.64. The molecule has 1 heterocycles. The molecule has 1 aliphatic rings. The van der Waals surface area contributed by atoms with E-state index in [-0.39, 0.29) is 5.91 Å². The predicted molar refractivity (Wildman–Crippen MR) is 97.7 cm³/mol. The number of rotatable bonds is 5. The van der Waals surface area contributed by atoms with Crippen molar-refractivity contribution in [3.05, 3.63) is 65.7 Å². The second-order valence-electron chi connectivity index (χ2n) is 6.44. The van der Waals surface area contributed by atoms with Crippen molar-refractivity contribution in [3.63, 3.8) is 0 Å². The fourth-order valence-corrected chi connectivity index (χ4v) is 3.33. The van der Waals surface area contributed by atoms with Gasteiger partial charge in [-0.25, -0.2) is 0 Å². The molecule has 1 aliphatic heterocycles. The normalized spacial score (nSPS) is 18.2. The standard InChI is InChI=1S/C20H25N3O/c21-18-10-6-7-16(13-18)15-23-12-5-4-11-19(23)14-22-20(24)17-8-2-1-3-9-17/h1-3,6-10,13,19H,4-5,11-12,14-15,21H2,(H,22,24). The lowest BCUT2D eigenvalue weighted by molar-refractivity contribution is 0.0907. The molecule has 1 atom stereocenters. The van der Waals surface area contributed by atoms with Gasteiger partial charge >= 0.3 is 0 Å². The maximum Gasteiger partial charge on any atom is 0.251 e. The number of carbonyl (C=O) groups is 1. The maximum absolute atomic E-state index is 12.3. The van der Waals surface area contributed by atoms with Crippen LogP contribution in [-0.2, 0) is 6.54 Å². The number of nitrogens with two attached hydrogens (primary N) is 1. The van der Waals surface area contributed by atoms with Gasteiger partial charge in [-0.05, 0) is 49.2 Å². The van der Waals surface area contributed by atoms with Crippen molar-refractivity contribution >= 4 is 11.6 Å². The molecule has 0 bridgehead atoms. The zero-order valence-corrected chi connectivity index (χ0v) is 13.9. The summed E-state index contributed by atoms with van der Waals surface area (Å²) in [5, 5.41) is 3.09. The lowest BCUT2D eigenvalue weighted by Crippen LogP contribution is -2.46. The van der Waals surface area contributed by atoms with E-state index < -0.39 is 0 Å². The van der Waals surface area contributed by atoms with Crippen LogP contribution >= 0.6 is 0 Å². The van der Waals surface area contributed by atoms with E-state index in [0.717, 1.165) is 30.8 Å². The van der Waals surface area contributed by atoms with Crippen molar-refractivity contribution < 1.29 is 4.79 Å². The quantitative estimate of drug-likeness (QED) is 0.832. The highest BCUT2D eigenvalue weighted by Crippen LogP contribution is 2.20. The minimum absolute atomic E-state index is 0.00470. The third kappa shape index (κ3) is 4.36. The number of carbonyl (C=O) groups excluding carboxylic acids is 1. The van der Waals surface area contributed by atoms with Gasteiger partial charge in [-0.15, -0.1) is 0 Å².